The Hall–Kier alpha value is -2.74. The van der Waals surface area contributed by atoms with Crippen molar-refractivity contribution in [1.82, 2.24) is 5.32 Å². The minimum atomic E-state index is -4.37. The van der Waals surface area contributed by atoms with Gasteiger partial charge in [-0.15, -0.1) is 0 Å². The first-order chi connectivity index (χ1) is 24.3. The Morgan fingerprint density at radius 2 is 0.960 bits per heavy atom. The molecule has 0 aliphatic rings. The second-order valence-electron chi connectivity index (χ2n) is 12.8. The summed E-state index contributed by atoms with van der Waals surface area (Å²) in [6.07, 6.45) is 53.9. The lowest BCUT2D eigenvalue weighted by molar-refractivity contribution is -0.122. The Bertz CT molecular complexity index is 1140. The van der Waals surface area contributed by atoms with E-state index in [1.54, 1.807) is 0 Å². The largest absolute Gasteiger partial charge is 0.387 e. The smallest absolute Gasteiger partial charge is 0.267 e. The van der Waals surface area contributed by atoms with E-state index in [9.17, 15) is 22.9 Å². The first-order valence-electron chi connectivity index (χ1n) is 19.4. The molecule has 6 nitrogen and oxygen atoms in total. The summed E-state index contributed by atoms with van der Waals surface area (Å²) >= 11 is 0. The van der Waals surface area contributed by atoms with E-state index < -0.39 is 28.0 Å². The van der Waals surface area contributed by atoms with Crippen molar-refractivity contribution in [2.75, 3.05) is 5.75 Å². The van der Waals surface area contributed by atoms with Crippen LogP contribution in [-0.4, -0.2) is 41.9 Å². The number of hydrogen-bond donors (Lipinski definition) is 3. The number of aliphatic hydroxyl groups excluding tert-OH is 1. The molecule has 2 unspecified atom stereocenters. The molecule has 50 heavy (non-hydrogen) atoms. The third-order valence-electron chi connectivity index (χ3n) is 8.02. The van der Waals surface area contributed by atoms with E-state index in [-0.39, 0.29) is 12.3 Å². The molecule has 0 bridgehead atoms. The molecule has 0 spiro atoms. The lowest BCUT2D eigenvalue weighted by atomic mass is 10.1. The topological polar surface area (TPSA) is 104 Å². The number of rotatable bonds is 33. The zero-order valence-corrected chi connectivity index (χ0v) is 32.3. The van der Waals surface area contributed by atoms with Crippen LogP contribution in [0.4, 0.5) is 0 Å². The van der Waals surface area contributed by atoms with Crippen LogP contribution in [0.5, 0.6) is 0 Å². The van der Waals surface area contributed by atoms with Crippen LogP contribution in [-0.2, 0) is 14.9 Å². The van der Waals surface area contributed by atoms with Gasteiger partial charge in [-0.3, -0.25) is 9.35 Å². The molecule has 0 saturated carbocycles. The van der Waals surface area contributed by atoms with Gasteiger partial charge in [0.2, 0.25) is 5.91 Å². The van der Waals surface area contributed by atoms with Gasteiger partial charge in [0.05, 0.1) is 17.9 Å². The minimum Gasteiger partial charge on any atom is -0.387 e. The molecule has 0 radical (unpaired) electrons. The molecule has 3 N–H and O–H groups in total. The molecule has 7 heteroatoms. The van der Waals surface area contributed by atoms with Gasteiger partial charge in [-0.1, -0.05) is 169 Å². The molecule has 0 aromatic carbocycles. The van der Waals surface area contributed by atoms with E-state index in [2.05, 4.69) is 98.2 Å². The minimum absolute atomic E-state index is 0.210. The number of amides is 1. The number of nitrogens with one attached hydrogen (secondary N) is 1. The van der Waals surface area contributed by atoms with E-state index in [0.29, 0.717) is 6.42 Å². The van der Waals surface area contributed by atoms with Crippen LogP contribution < -0.4 is 5.32 Å². The Kier molecular flexibility index (Phi) is 34.1. The number of allylic oxidation sites excluding steroid dienone is 15. The number of unbranched alkanes of at least 4 members (excludes halogenated alkanes) is 11. The van der Waals surface area contributed by atoms with Crippen LogP contribution in [0.25, 0.3) is 0 Å². The Balaban J connectivity index is 4.11. The molecule has 0 fully saturated rings. The summed E-state index contributed by atoms with van der Waals surface area (Å²) in [5.74, 6) is -1.07. The molecular weight excluding hydrogens is 643 g/mol. The first-order valence-corrected chi connectivity index (χ1v) is 21.0. The lowest BCUT2D eigenvalue weighted by Gasteiger charge is -2.21. The highest BCUT2D eigenvalue weighted by Gasteiger charge is 2.24. The Labute approximate surface area is 307 Å². The maximum atomic E-state index is 12.5. The number of hydrogen-bond acceptors (Lipinski definition) is 4. The second kappa shape index (κ2) is 36.1. The summed E-state index contributed by atoms with van der Waals surface area (Å²) in [5.41, 5.74) is 0. The van der Waals surface area contributed by atoms with E-state index in [1.165, 1.54) is 57.4 Å². The SMILES string of the molecule is CC/C=C\C/C=C\C/C=C\C/C=C\C/C=C\C/C=C\C/C=C\CCCC(=O)NC(CS(=O)(=O)O)C(O)/C=C/CCCCCCCCCCCC. The third kappa shape index (κ3) is 36.5. The van der Waals surface area contributed by atoms with Crippen LogP contribution in [0.2, 0.25) is 0 Å². The van der Waals surface area contributed by atoms with E-state index in [4.69, 9.17) is 0 Å². The Morgan fingerprint density at radius 3 is 1.40 bits per heavy atom. The predicted octanol–water partition coefficient (Wildman–Crippen LogP) is 11.4. The average Bonchev–Trinajstić information content (AvgIpc) is 3.08. The van der Waals surface area contributed by atoms with Gasteiger partial charge in [0.1, 0.15) is 0 Å². The number of carbonyl (C=O) groups excluding carboxylic acids is 1. The van der Waals surface area contributed by atoms with Crippen LogP contribution in [0.15, 0.2) is 97.2 Å². The van der Waals surface area contributed by atoms with Crippen molar-refractivity contribution in [3.63, 3.8) is 0 Å². The van der Waals surface area contributed by atoms with Gasteiger partial charge in [0.25, 0.3) is 10.1 Å². The number of aliphatic hydroxyl groups is 1. The fourth-order valence-electron chi connectivity index (χ4n) is 5.14. The molecule has 0 aliphatic carbocycles. The maximum absolute atomic E-state index is 12.5. The summed E-state index contributed by atoms with van der Waals surface area (Å²) in [6.45, 7) is 4.38. The van der Waals surface area contributed by atoms with Crippen molar-refractivity contribution in [3.8, 4) is 0 Å². The standard InChI is InChI=1S/C43H71NO5S/c1-3-5-7-9-11-13-15-17-18-19-20-21-22-23-24-25-26-27-29-31-33-35-37-39-43(46)44-41(40-50(47,48)49)42(45)38-36-34-32-30-28-16-14-12-10-8-6-4-2/h5,7,11,13,17-18,20-21,23-24,26-27,31,33,36,38,41-42,45H,3-4,6,8-10,12,14-16,19,22,25,28-30,32,34-35,37,39-40H2,1-2H3,(H,44,46)(H,47,48,49)/b7-5-,13-11-,18-17-,21-20-,24-23-,27-26-,33-31-,38-36+. The zero-order chi connectivity index (χ0) is 36.8. The van der Waals surface area contributed by atoms with Crippen LogP contribution in [0.1, 0.15) is 149 Å². The van der Waals surface area contributed by atoms with E-state index in [1.807, 2.05) is 12.2 Å². The van der Waals surface area contributed by atoms with Crippen molar-refractivity contribution in [1.29, 1.82) is 0 Å². The average molecular weight is 714 g/mol. The van der Waals surface area contributed by atoms with Crippen molar-refractivity contribution in [2.24, 2.45) is 0 Å². The van der Waals surface area contributed by atoms with Crippen molar-refractivity contribution < 1.29 is 22.9 Å². The monoisotopic (exact) mass is 714 g/mol. The molecular formula is C43H71NO5S. The second-order valence-corrected chi connectivity index (χ2v) is 14.3. The molecule has 0 rings (SSSR count). The molecule has 0 saturated heterocycles. The highest BCUT2D eigenvalue weighted by molar-refractivity contribution is 7.85. The molecule has 0 aromatic rings. The van der Waals surface area contributed by atoms with Crippen LogP contribution >= 0.6 is 0 Å². The van der Waals surface area contributed by atoms with Gasteiger partial charge >= 0.3 is 0 Å². The van der Waals surface area contributed by atoms with E-state index in [0.717, 1.165) is 70.6 Å². The summed E-state index contributed by atoms with van der Waals surface area (Å²) in [4.78, 5) is 12.5. The van der Waals surface area contributed by atoms with Gasteiger partial charge in [0.15, 0.2) is 0 Å². The molecule has 0 aromatic heterocycles. The molecule has 0 aliphatic heterocycles. The predicted molar refractivity (Wildman–Crippen MR) is 216 cm³/mol. The van der Waals surface area contributed by atoms with Gasteiger partial charge < -0.3 is 10.4 Å². The highest BCUT2D eigenvalue weighted by Crippen LogP contribution is 2.12. The first kappa shape index (κ1) is 47.3. The normalized spacial score (nSPS) is 14.4. The summed E-state index contributed by atoms with van der Waals surface area (Å²) in [5, 5.41) is 13.1. The fraction of sp³-hybridized carbons (Fsp3) is 0.605. The summed E-state index contributed by atoms with van der Waals surface area (Å²) in [6, 6.07) is -1.09. The zero-order valence-electron chi connectivity index (χ0n) is 31.5. The molecule has 2 atom stereocenters. The van der Waals surface area contributed by atoms with Crippen molar-refractivity contribution in [3.05, 3.63) is 97.2 Å². The number of carbonyl (C=O) groups is 1. The van der Waals surface area contributed by atoms with E-state index >= 15 is 0 Å². The lowest BCUT2D eigenvalue weighted by Crippen LogP contribution is -2.46. The van der Waals surface area contributed by atoms with Crippen LogP contribution in [0, 0.1) is 0 Å². The quantitative estimate of drug-likeness (QED) is 0.0357. The molecule has 1 amide bonds. The summed E-state index contributed by atoms with van der Waals surface area (Å²) < 4.78 is 32.4. The van der Waals surface area contributed by atoms with Gasteiger partial charge in [-0.05, 0) is 70.6 Å². The molecule has 0 heterocycles. The van der Waals surface area contributed by atoms with Crippen LogP contribution in [0.3, 0.4) is 0 Å². The van der Waals surface area contributed by atoms with Gasteiger partial charge in [-0.25, -0.2) is 0 Å². The van der Waals surface area contributed by atoms with Crippen molar-refractivity contribution >= 4 is 16.0 Å². The Morgan fingerprint density at radius 1 is 0.560 bits per heavy atom. The van der Waals surface area contributed by atoms with Gasteiger partial charge in [-0.2, -0.15) is 8.42 Å². The highest BCUT2D eigenvalue weighted by atomic mass is 32.2. The fourth-order valence-corrected chi connectivity index (χ4v) is 5.88. The van der Waals surface area contributed by atoms with Crippen molar-refractivity contribution in [2.45, 2.75) is 161 Å². The maximum Gasteiger partial charge on any atom is 0.267 e. The molecule has 284 valence electrons. The third-order valence-corrected chi connectivity index (χ3v) is 8.80. The summed E-state index contributed by atoms with van der Waals surface area (Å²) in [7, 11) is -4.37. The van der Waals surface area contributed by atoms with Gasteiger partial charge in [0, 0.05) is 6.42 Å².